The van der Waals surface area contributed by atoms with E-state index in [-0.39, 0.29) is 12.4 Å². The number of hydrogen-bond acceptors (Lipinski definition) is 3. The van der Waals surface area contributed by atoms with Gasteiger partial charge in [0.25, 0.3) is 0 Å². The Hall–Kier alpha value is -2.31. The maximum absolute atomic E-state index is 13.7. The fraction of sp³-hybridized carbons (Fsp3) is 0.467. The molecule has 0 radical (unpaired) electrons. The first-order chi connectivity index (χ1) is 10.5. The van der Waals surface area contributed by atoms with Crippen molar-refractivity contribution in [1.29, 1.82) is 0 Å². The minimum atomic E-state index is -0.956. The molecule has 0 unspecified atom stereocenters. The molecule has 22 heavy (non-hydrogen) atoms. The highest BCUT2D eigenvalue weighted by atomic mass is 19.1. The van der Waals surface area contributed by atoms with Crippen molar-refractivity contribution in [3.8, 4) is 0 Å². The second kappa shape index (κ2) is 5.47. The zero-order valence-corrected chi connectivity index (χ0v) is 12.0. The SMILES string of the molecule is O=C(O)N1CCC2(CC1)CN(Cc1ccccc1F)C(=O)O2. The summed E-state index contributed by atoms with van der Waals surface area (Å²) in [5, 5.41) is 8.96. The first-order valence-electron chi connectivity index (χ1n) is 7.18. The Morgan fingerprint density at radius 1 is 1.32 bits per heavy atom. The molecule has 0 saturated carbocycles. The smallest absolute Gasteiger partial charge is 0.410 e. The highest BCUT2D eigenvalue weighted by Gasteiger charge is 2.47. The molecule has 2 amide bonds. The molecule has 2 saturated heterocycles. The van der Waals surface area contributed by atoms with Crippen molar-refractivity contribution in [2.45, 2.75) is 25.0 Å². The molecule has 0 bridgehead atoms. The van der Waals surface area contributed by atoms with Crippen molar-refractivity contribution in [1.82, 2.24) is 9.80 Å². The van der Waals surface area contributed by atoms with Crippen LogP contribution in [0.1, 0.15) is 18.4 Å². The third-order valence-corrected chi connectivity index (χ3v) is 4.31. The maximum atomic E-state index is 13.7. The lowest BCUT2D eigenvalue weighted by atomic mass is 9.91. The Balaban J connectivity index is 1.66. The van der Waals surface area contributed by atoms with Crippen molar-refractivity contribution >= 4 is 12.2 Å². The van der Waals surface area contributed by atoms with E-state index in [1.807, 2.05) is 0 Å². The molecule has 0 aliphatic carbocycles. The van der Waals surface area contributed by atoms with Crippen LogP contribution in [0.3, 0.4) is 0 Å². The lowest BCUT2D eigenvalue weighted by molar-refractivity contribution is 0.00431. The second-order valence-electron chi connectivity index (χ2n) is 5.77. The van der Waals surface area contributed by atoms with Crippen molar-refractivity contribution in [3.05, 3.63) is 35.6 Å². The van der Waals surface area contributed by atoms with E-state index in [1.54, 1.807) is 18.2 Å². The fourth-order valence-corrected chi connectivity index (χ4v) is 3.01. The number of nitrogens with zero attached hydrogens (tertiary/aromatic N) is 2. The monoisotopic (exact) mass is 308 g/mol. The topological polar surface area (TPSA) is 70.1 Å². The van der Waals surface area contributed by atoms with Gasteiger partial charge in [0.1, 0.15) is 11.4 Å². The van der Waals surface area contributed by atoms with Gasteiger partial charge in [-0.1, -0.05) is 18.2 Å². The predicted octanol–water partition coefficient (Wildman–Crippen LogP) is 2.29. The lowest BCUT2D eigenvalue weighted by Crippen LogP contribution is -2.48. The molecule has 1 N–H and O–H groups in total. The third-order valence-electron chi connectivity index (χ3n) is 4.31. The van der Waals surface area contributed by atoms with Crippen LogP contribution in [0.4, 0.5) is 14.0 Å². The molecular formula is C15H17FN2O4. The second-order valence-corrected chi connectivity index (χ2v) is 5.77. The van der Waals surface area contributed by atoms with Gasteiger partial charge in [-0.15, -0.1) is 0 Å². The van der Waals surface area contributed by atoms with Gasteiger partial charge in [0.05, 0.1) is 13.1 Å². The number of carbonyl (C=O) groups is 2. The number of piperidine rings is 1. The molecule has 3 rings (SSSR count). The van der Waals surface area contributed by atoms with Gasteiger partial charge < -0.3 is 14.7 Å². The van der Waals surface area contributed by atoms with Crippen LogP contribution in [0.2, 0.25) is 0 Å². The van der Waals surface area contributed by atoms with Crippen molar-refractivity contribution in [3.63, 3.8) is 0 Å². The van der Waals surface area contributed by atoms with Gasteiger partial charge >= 0.3 is 12.2 Å². The van der Waals surface area contributed by atoms with E-state index in [0.29, 0.717) is 38.0 Å². The van der Waals surface area contributed by atoms with Crippen molar-refractivity contribution < 1.29 is 23.8 Å². The average molecular weight is 308 g/mol. The molecule has 2 aliphatic heterocycles. The summed E-state index contributed by atoms with van der Waals surface area (Å²) in [7, 11) is 0. The Labute approximate surface area is 127 Å². The number of halogens is 1. The molecule has 2 fully saturated rings. The minimum Gasteiger partial charge on any atom is -0.465 e. The van der Waals surface area contributed by atoms with Crippen LogP contribution in [0.25, 0.3) is 0 Å². The Bertz CT molecular complexity index is 599. The van der Waals surface area contributed by atoms with E-state index < -0.39 is 17.8 Å². The summed E-state index contributed by atoms with van der Waals surface area (Å²) in [6.07, 6.45) is -0.480. The molecule has 7 heteroatoms. The molecule has 118 valence electrons. The van der Waals surface area contributed by atoms with Crippen LogP contribution in [0.5, 0.6) is 0 Å². The van der Waals surface area contributed by atoms with E-state index in [2.05, 4.69) is 0 Å². The predicted molar refractivity (Wildman–Crippen MR) is 74.9 cm³/mol. The van der Waals surface area contributed by atoms with Crippen LogP contribution in [0, 0.1) is 5.82 Å². The highest BCUT2D eigenvalue weighted by molar-refractivity contribution is 5.71. The molecule has 0 atom stereocenters. The first-order valence-corrected chi connectivity index (χ1v) is 7.18. The van der Waals surface area contributed by atoms with Crippen LogP contribution in [-0.2, 0) is 11.3 Å². The summed E-state index contributed by atoms with van der Waals surface area (Å²) in [5.74, 6) is -0.350. The number of hydrogen-bond donors (Lipinski definition) is 1. The summed E-state index contributed by atoms with van der Waals surface area (Å²) >= 11 is 0. The Kier molecular flexibility index (Phi) is 3.64. The average Bonchev–Trinajstić information content (AvgIpc) is 2.78. The van der Waals surface area contributed by atoms with Crippen LogP contribution < -0.4 is 0 Å². The van der Waals surface area contributed by atoms with E-state index in [0.717, 1.165) is 0 Å². The summed E-state index contributed by atoms with van der Waals surface area (Å²) in [6.45, 7) is 1.22. The van der Waals surface area contributed by atoms with E-state index in [1.165, 1.54) is 15.9 Å². The molecule has 1 aromatic carbocycles. The van der Waals surface area contributed by atoms with Crippen LogP contribution >= 0.6 is 0 Å². The molecule has 1 aromatic rings. The molecule has 2 aliphatic rings. The van der Waals surface area contributed by atoms with Gasteiger partial charge in [0.2, 0.25) is 0 Å². The van der Waals surface area contributed by atoms with Gasteiger partial charge in [-0.2, -0.15) is 0 Å². The summed E-state index contributed by atoms with van der Waals surface area (Å²) < 4.78 is 19.2. The Morgan fingerprint density at radius 2 is 2.00 bits per heavy atom. The minimum absolute atomic E-state index is 0.163. The fourth-order valence-electron chi connectivity index (χ4n) is 3.01. The molecular weight excluding hydrogens is 291 g/mol. The van der Waals surface area contributed by atoms with E-state index >= 15 is 0 Å². The molecule has 6 nitrogen and oxygen atoms in total. The van der Waals surface area contributed by atoms with Crippen LogP contribution in [-0.4, -0.2) is 52.3 Å². The Morgan fingerprint density at radius 3 is 2.64 bits per heavy atom. The zero-order valence-electron chi connectivity index (χ0n) is 12.0. The zero-order chi connectivity index (χ0) is 15.7. The number of amides is 2. The number of benzene rings is 1. The number of carboxylic acid groups (broad SMARTS) is 1. The normalized spacial score (nSPS) is 20.3. The summed E-state index contributed by atoms with van der Waals surface area (Å²) in [6, 6.07) is 6.32. The van der Waals surface area contributed by atoms with E-state index in [4.69, 9.17) is 9.84 Å². The number of ether oxygens (including phenoxy) is 1. The quantitative estimate of drug-likeness (QED) is 0.910. The van der Waals surface area contributed by atoms with Crippen molar-refractivity contribution in [2.24, 2.45) is 0 Å². The molecule has 0 aromatic heterocycles. The van der Waals surface area contributed by atoms with Gasteiger partial charge in [-0.3, -0.25) is 4.90 Å². The standard InChI is InChI=1S/C15H17FN2O4/c16-12-4-2-1-3-11(12)9-18-10-15(22-14(18)21)5-7-17(8-6-15)13(19)20/h1-4H,5-10H2,(H,19,20). The lowest BCUT2D eigenvalue weighted by Gasteiger charge is -2.36. The summed E-state index contributed by atoms with van der Waals surface area (Å²) in [4.78, 5) is 25.8. The van der Waals surface area contributed by atoms with Gasteiger partial charge in [0, 0.05) is 31.5 Å². The molecule has 1 spiro atoms. The van der Waals surface area contributed by atoms with Gasteiger partial charge in [-0.25, -0.2) is 14.0 Å². The number of likely N-dealkylation sites (tertiary alicyclic amines) is 1. The number of carbonyl (C=O) groups excluding carboxylic acids is 1. The summed E-state index contributed by atoms with van der Waals surface area (Å²) in [5.41, 5.74) is -0.201. The van der Waals surface area contributed by atoms with Crippen LogP contribution in [0.15, 0.2) is 24.3 Å². The first kappa shape index (κ1) is 14.6. The van der Waals surface area contributed by atoms with E-state index in [9.17, 15) is 14.0 Å². The third kappa shape index (κ3) is 2.70. The largest absolute Gasteiger partial charge is 0.465 e. The van der Waals surface area contributed by atoms with Gasteiger partial charge in [0.15, 0.2) is 0 Å². The molecule has 2 heterocycles. The number of rotatable bonds is 2. The highest BCUT2D eigenvalue weighted by Crippen LogP contribution is 2.34. The maximum Gasteiger partial charge on any atom is 0.410 e. The van der Waals surface area contributed by atoms with Crippen molar-refractivity contribution in [2.75, 3.05) is 19.6 Å². The van der Waals surface area contributed by atoms with Gasteiger partial charge in [-0.05, 0) is 6.07 Å².